The predicted molar refractivity (Wildman–Crippen MR) is 64.8 cm³/mol. The molecular weight excluding hydrogens is 258 g/mol. The Morgan fingerprint density at radius 1 is 0.895 bits per heavy atom. The molecule has 2 aromatic carbocycles. The lowest BCUT2D eigenvalue weighted by Crippen LogP contribution is -2.02. The van der Waals surface area contributed by atoms with Gasteiger partial charge in [0, 0.05) is 12.2 Å². The molecule has 0 atom stereocenters. The molecular formula is C14H11F4N. The molecule has 1 N–H and O–H groups in total. The van der Waals surface area contributed by atoms with Gasteiger partial charge in [-0.1, -0.05) is 0 Å². The summed E-state index contributed by atoms with van der Waals surface area (Å²) >= 11 is 0. The minimum absolute atomic E-state index is 0.110. The van der Waals surface area contributed by atoms with Gasteiger partial charge in [-0.05, 0) is 48.4 Å². The van der Waals surface area contributed by atoms with Crippen LogP contribution in [-0.2, 0) is 6.54 Å². The Morgan fingerprint density at radius 2 is 1.53 bits per heavy atom. The highest BCUT2D eigenvalue weighted by atomic mass is 19.2. The lowest BCUT2D eigenvalue weighted by Gasteiger charge is -2.08. The molecule has 19 heavy (non-hydrogen) atoms. The van der Waals surface area contributed by atoms with Crippen molar-refractivity contribution in [2.24, 2.45) is 0 Å². The predicted octanol–water partition coefficient (Wildman–Crippen LogP) is 4.16. The lowest BCUT2D eigenvalue weighted by molar-refractivity contribution is 0.445. The van der Waals surface area contributed by atoms with E-state index >= 15 is 0 Å². The highest BCUT2D eigenvalue weighted by Gasteiger charge is 2.10. The van der Waals surface area contributed by atoms with Gasteiger partial charge in [0.25, 0.3) is 0 Å². The van der Waals surface area contributed by atoms with Crippen LogP contribution in [0.3, 0.4) is 0 Å². The number of hydrogen-bond donors (Lipinski definition) is 1. The van der Waals surface area contributed by atoms with E-state index < -0.39 is 17.5 Å². The van der Waals surface area contributed by atoms with Crippen molar-refractivity contribution in [3.05, 3.63) is 64.7 Å². The minimum atomic E-state index is -1.48. The molecule has 2 rings (SSSR count). The third-order valence-electron chi connectivity index (χ3n) is 2.70. The zero-order valence-corrected chi connectivity index (χ0v) is 10.1. The molecule has 0 spiro atoms. The summed E-state index contributed by atoms with van der Waals surface area (Å²) in [4.78, 5) is 0. The topological polar surface area (TPSA) is 12.0 Å². The van der Waals surface area contributed by atoms with E-state index in [0.717, 1.165) is 12.1 Å². The summed E-state index contributed by atoms with van der Waals surface area (Å²) in [5.74, 6) is -4.27. The number of anilines is 1. The first-order chi connectivity index (χ1) is 8.97. The average Bonchev–Trinajstić information content (AvgIpc) is 2.37. The Labute approximate surface area is 107 Å². The van der Waals surface area contributed by atoms with Gasteiger partial charge in [0.05, 0.1) is 0 Å². The third kappa shape index (κ3) is 3.05. The van der Waals surface area contributed by atoms with E-state index in [2.05, 4.69) is 5.32 Å². The number of benzene rings is 2. The first kappa shape index (κ1) is 13.4. The Hall–Kier alpha value is -2.04. The third-order valence-corrected chi connectivity index (χ3v) is 2.70. The number of aryl methyl sites for hydroxylation is 1. The van der Waals surface area contributed by atoms with Gasteiger partial charge in [0.2, 0.25) is 0 Å². The Balaban J connectivity index is 2.12. The van der Waals surface area contributed by atoms with Gasteiger partial charge in [-0.3, -0.25) is 0 Å². The number of hydrogen-bond acceptors (Lipinski definition) is 1. The van der Waals surface area contributed by atoms with Crippen molar-refractivity contribution in [3.63, 3.8) is 0 Å². The van der Waals surface area contributed by atoms with Gasteiger partial charge in [0.15, 0.2) is 17.5 Å². The Morgan fingerprint density at radius 3 is 2.11 bits per heavy atom. The summed E-state index contributed by atoms with van der Waals surface area (Å²) in [7, 11) is 0. The minimum Gasteiger partial charge on any atom is -0.381 e. The van der Waals surface area contributed by atoms with Crippen LogP contribution >= 0.6 is 0 Å². The summed E-state index contributed by atoms with van der Waals surface area (Å²) in [6.07, 6.45) is 0. The van der Waals surface area contributed by atoms with Crippen LogP contribution in [0, 0.1) is 30.2 Å². The van der Waals surface area contributed by atoms with E-state index in [1.165, 1.54) is 12.1 Å². The van der Waals surface area contributed by atoms with Crippen molar-refractivity contribution in [1.29, 1.82) is 0 Å². The van der Waals surface area contributed by atoms with Crippen molar-refractivity contribution in [2.75, 3.05) is 5.32 Å². The highest BCUT2D eigenvalue weighted by Crippen LogP contribution is 2.17. The second-order valence-electron chi connectivity index (χ2n) is 4.19. The molecule has 100 valence electrons. The van der Waals surface area contributed by atoms with Gasteiger partial charge in [-0.25, -0.2) is 17.6 Å². The monoisotopic (exact) mass is 269 g/mol. The van der Waals surface area contributed by atoms with Crippen LogP contribution < -0.4 is 5.32 Å². The standard InChI is InChI=1S/C14H11F4N/c1-8-4-10(2-3-11(8)15)19-7-9-5-12(16)14(18)13(17)6-9/h2-6,19H,7H2,1H3. The van der Waals surface area contributed by atoms with E-state index in [9.17, 15) is 17.6 Å². The summed E-state index contributed by atoms with van der Waals surface area (Å²) in [5, 5.41) is 2.88. The van der Waals surface area contributed by atoms with Crippen LogP contribution in [0.5, 0.6) is 0 Å². The Bertz CT molecular complexity index is 587. The van der Waals surface area contributed by atoms with E-state index in [1.807, 2.05) is 0 Å². The second-order valence-corrected chi connectivity index (χ2v) is 4.19. The molecule has 0 bridgehead atoms. The molecule has 0 radical (unpaired) electrons. The Kier molecular flexibility index (Phi) is 3.74. The average molecular weight is 269 g/mol. The van der Waals surface area contributed by atoms with Crippen molar-refractivity contribution in [2.45, 2.75) is 13.5 Å². The van der Waals surface area contributed by atoms with Crippen molar-refractivity contribution >= 4 is 5.69 Å². The van der Waals surface area contributed by atoms with E-state index in [4.69, 9.17) is 0 Å². The van der Waals surface area contributed by atoms with Gasteiger partial charge < -0.3 is 5.32 Å². The summed E-state index contributed by atoms with van der Waals surface area (Å²) in [6, 6.07) is 6.22. The van der Waals surface area contributed by atoms with Gasteiger partial charge >= 0.3 is 0 Å². The molecule has 0 aromatic heterocycles. The van der Waals surface area contributed by atoms with Crippen LogP contribution in [-0.4, -0.2) is 0 Å². The molecule has 0 saturated carbocycles. The molecule has 0 aliphatic heterocycles. The summed E-state index contributed by atoms with van der Waals surface area (Å²) < 4.78 is 51.8. The molecule has 0 fully saturated rings. The van der Waals surface area contributed by atoms with Crippen LogP contribution in [0.15, 0.2) is 30.3 Å². The number of halogens is 4. The van der Waals surface area contributed by atoms with Gasteiger partial charge in [-0.15, -0.1) is 0 Å². The molecule has 5 heteroatoms. The van der Waals surface area contributed by atoms with E-state index in [1.54, 1.807) is 13.0 Å². The van der Waals surface area contributed by atoms with E-state index in [0.29, 0.717) is 11.3 Å². The van der Waals surface area contributed by atoms with Crippen LogP contribution in [0.25, 0.3) is 0 Å². The van der Waals surface area contributed by atoms with Crippen molar-refractivity contribution in [3.8, 4) is 0 Å². The smallest absolute Gasteiger partial charge is 0.194 e. The molecule has 0 heterocycles. The van der Waals surface area contributed by atoms with Crippen LogP contribution in [0.1, 0.15) is 11.1 Å². The molecule has 1 nitrogen and oxygen atoms in total. The first-order valence-electron chi connectivity index (χ1n) is 5.61. The molecule has 2 aromatic rings. The zero-order chi connectivity index (χ0) is 14.0. The van der Waals surface area contributed by atoms with E-state index in [-0.39, 0.29) is 17.9 Å². The fraction of sp³-hybridized carbons (Fsp3) is 0.143. The van der Waals surface area contributed by atoms with Crippen molar-refractivity contribution in [1.82, 2.24) is 0 Å². The lowest BCUT2D eigenvalue weighted by atomic mass is 10.2. The maximum atomic E-state index is 13.0. The second kappa shape index (κ2) is 5.30. The summed E-state index contributed by atoms with van der Waals surface area (Å²) in [6.45, 7) is 1.72. The van der Waals surface area contributed by atoms with Gasteiger partial charge in [0.1, 0.15) is 5.82 Å². The molecule has 0 aliphatic rings. The molecule has 0 aliphatic carbocycles. The molecule has 0 unspecified atom stereocenters. The summed E-state index contributed by atoms with van der Waals surface area (Å²) in [5.41, 5.74) is 1.34. The number of rotatable bonds is 3. The maximum Gasteiger partial charge on any atom is 0.194 e. The fourth-order valence-electron chi connectivity index (χ4n) is 1.67. The quantitative estimate of drug-likeness (QED) is 0.651. The fourth-order valence-corrected chi connectivity index (χ4v) is 1.67. The normalized spacial score (nSPS) is 10.6. The first-order valence-corrected chi connectivity index (χ1v) is 5.61. The van der Waals surface area contributed by atoms with Crippen molar-refractivity contribution < 1.29 is 17.6 Å². The molecule has 0 saturated heterocycles. The highest BCUT2D eigenvalue weighted by molar-refractivity contribution is 5.46. The van der Waals surface area contributed by atoms with Gasteiger partial charge in [-0.2, -0.15) is 0 Å². The van der Waals surface area contributed by atoms with Crippen LogP contribution in [0.2, 0.25) is 0 Å². The largest absolute Gasteiger partial charge is 0.381 e. The maximum absolute atomic E-state index is 13.0. The number of nitrogens with one attached hydrogen (secondary N) is 1. The SMILES string of the molecule is Cc1cc(NCc2cc(F)c(F)c(F)c2)ccc1F. The molecule has 0 amide bonds. The zero-order valence-electron chi connectivity index (χ0n) is 10.1. The van der Waals surface area contributed by atoms with Crippen LogP contribution in [0.4, 0.5) is 23.2 Å².